The lowest BCUT2D eigenvalue weighted by Crippen LogP contribution is -2.38. The second-order valence-electron chi connectivity index (χ2n) is 7.57. The highest BCUT2D eigenvalue weighted by molar-refractivity contribution is 5.99. The molecule has 31 heavy (non-hydrogen) atoms. The Bertz CT molecular complexity index is 689. The zero-order valence-electron chi connectivity index (χ0n) is 18.4. The first-order chi connectivity index (χ1) is 15.1. The minimum atomic E-state index is 0.0471. The van der Waals surface area contributed by atoms with Crippen molar-refractivity contribution in [1.82, 2.24) is 21.3 Å². The van der Waals surface area contributed by atoms with Crippen molar-refractivity contribution in [1.29, 1.82) is 10.8 Å². The molecule has 9 heteroatoms. The van der Waals surface area contributed by atoms with Crippen LogP contribution < -0.4 is 31.7 Å². The fourth-order valence-corrected chi connectivity index (χ4v) is 3.24. The van der Waals surface area contributed by atoms with Gasteiger partial charge >= 0.3 is 0 Å². The molecule has 0 saturated carbocycles. The summed E-state index contributed by atoms with van der Waals surface area (Å²) in [4.78, 5) is 4.50. The van der Waals surface area contributed by atoms with Crippen LogP contribution in [0.3, 0.4) is 0 Å². The summed E-state index contributed by atoms with van der Waals surface area (Å²) < 4.78 is 5.74. The van der Waals surface area contributed by atoms with E-state index in [1.807, 2.05) is 24.3 Å². The molecule has 1 heterocycles. The van der Waals surface area contributed by atoms with E-state index in [2.05, 4.69) is 26.3 Å². The molecule has 0 aliphatic carbocycles. The largest absolute Gasteiger partial charge is 0.492 e. The molecule has 0 unspecified atom stereocenters. The van der Waals surface area contributed by atoms with Gasteiger partial charge in [-0.15, -0.1) is 0 Å². The van der Waals surface area contributed by atoms with E-state index in [9.17, 15) is 0 Å². The Labute approximate surface area is 185 Å². The third-order valence-electron chi connectivity index (χ3n) is 4.92. The average molecular weight is 431 g/mol. The fourth-order valence-electron chi connectivity index (χ4n) is 3.24. The molecule has 0 spiro atoms. The molecule has 1 aliphatic heterocycles. The zero-order valence-corrected chi connectivity index (χ0v) is 18.4. The molecule has 0 saturated heterocycles. The van der Waals surface area contributed by atoms with Crippen LogP contribution in [0.5, 0.6) is 5.75 Å². The van der Waals surface area contributed by atoms with Gasteiger partial charge in [-0.3, -0.25) is 15.8 Å². The van der Waals surface area contributed by atoms with Gasteiger partial charge in [0.05, 0.1) is 6.54 Å². The zero-order chi connectivity index (χ0) is 22.2. The molecule has 0 fully saturated rings. The Hall–Kier alpha value is -2.97. The lowest BCUT2D eigenvalue weighted by atomic mass is 10.1. The van der Waals surface area contributed by atoms with Crippen molar-refractivity contribution >= 4 is 17.8 Å². The molecule has 8 N–H and O–H groups in total. The second kappa shape index (κ2) is 14.9. The monoisotopic (exact) mass is 430 g/mol. The van der Waals surface area contributed by atoms with E-state index in [1.54, 1.807) is 0 Å². The fraction of sp³-hybridized carbons (Fsp3) is 0.591. The van der Waals surface area contributed by atoms with E-state index >= 15 is 0 Å². The van der Waals surface area contributed by atoms with Crippen LogP contribution in [0.4, 0.5) is 0 Å². The van der Waals surface area contributed by atoms with E-state index in [1.165, 1.54) is 12.8 Å². The van der Waals surface area contributed by atoms with Crippen molar-refractivity contribution in [2.24, 2.45) is 10.7 Å². The smallest absolute Gasteiger partial charge is 0.188 e. The van der Waals surface area contributed by atoms with Gasteiger partial charge in [0, 0.05) is 31.7 Å². The summed E-state index contributed by atoms with van der Waals surface area (Å²) in [7, 11) is 0. The number of nitrogens with one attached hydrogen (secondary N) is 6. The van der Waals surface area contributed by atoms with E-state index in [-0.39, 0.29) is 5.96 Å². The molecule has 1 aromatic carbocycles. The van der Waals surface area contributed by atoms with Crippen molar-refractivity contribution in [3.63, 3.8) is 0 Å². The van der Waals surface area contributed by atoms with Crippen molar-refractivity contribution in [3.05, 3.63) is 29.8 Å². The van der Waals surface area contributed by atoms with E-state index in [0.29, 0.717) is 19.1 Å². The van der Waals surface area contributed by atoms with Crippen LogP contribution in [0.15, 0.2) is 29.3 Å². The number of nitrogens with zero attached hydrogens (tertiary/aromatic N) is 1. The molecule has 0 atom stereocenters. The summed E-state index contributed by atoms with van der Waals surface area (Å²) in [5, 5.41) is 27.3. The van der Waals surface area contributed by atoms with Crippen LogP contribution in [0.1, 0.15) is 50.5 Å². The first-order valence-corrected chi connectivity index (χ1v) is 11.3. The Kier molecular flexibility index (Phi) is 11.7. The van der Waals surface area contributed by atoms with E-state index < -0.39 is 0 Å². The molecule has 0 aromatic heterocycles. The van der Waals surface area contributed by atoms with Gasteiger partial charge in [-0.05, 0) is 43.5 Å². The predicted molar refractivity (Wildman–Crippen MR) is 127 cm³/mol. The summed E-state index contributed by atoms with van der Waals surface area (Å²) in [6, 6.07) is 7.95. The van der Waals surface area contributed by atoms with E-state index in [0.717, 1.165) is 75.4 Å². The third-order valence-corrected chi connectivity index (χ3v) is 4.92. The van der Waals surface area contributed by atoms with Crippen LogP contribution >= 0.6 is 0 Å². The van der Waals surface area contributed by atoms with Crippen molar-refractivity contribution in [2.75, 3.05) is 39.3 Å². The maximum absolute atomic E-state index is 7.91. The summed E-state index contributed by atoms with van der Waals surface area (Å²) in [6.45, 7) is 4.52. The lowest BCUT2D eigenvalue weighted by Gasteiger charge is -2.15. The Morgan fingerprint density at radius 2 is 1.58 bits per heavy atom. The summed E-state index contributed by atoms with van der Waals surface area (Å²) in [5.41, 5.74) is 6.32. The highest BCUT2D eigenvalue weighted by atomic mass is 16.5. The standard InChI is InChI=1S/C22H38N8O/c23-21(24)28-12-5-3-1-2-4-6-13-29-22(25)30-16-17-31-19-10-8-18(9-11-19)20-26-14-7-15-27-20/h8-11H,1-7,12-17H2,(H,26,27)(H4,23,24,28)(H3,25,29,30). The molecular formula is C22H38N8O. The highest BCUT2D eigenvalue weighted by Gasteiger charge is 2.06. The highest BCUT2D eigenvalue weighted by Crippen LogP contribution is 2.13. The quantitative estimate of drug-likeness (QED) is 0.136. The normalized spacial score (nSPS) is 13.0. The van der Waals surface area contributed by atoms with Crippen LogP contribution in [-0.2, 0) is 0 Å². The summed E-state index contributed by atoms with van der Waals surface area (Å²) >= 11 is 0. The number of amidine groups is 1. The number of aliphatic imine (C=N–C) groups is 1. The van der Waals surface area contributed by atoms with Crippen molar-refractivity contribution < 1.29 is 4.74 Å². The Balaban J connectivity index is 1.43. The molecule has 2 rings (SSSR count). The second-order valence-corrected chi connectivity index (χ2v) is 7.57. The van der Waals surface area contributed by atoms with Gasteiger partial charge in [-0.1, -0.05) is 25.7 Å². The Morgan fingerprint density at radius 1 is 0.935 bits per heavy atom. The molecule has 0 bridgehead atoms. The minimum Gasteiger partial charge on any atom is -0.492 e. The molecule has 1 aromatic rings. The molecular weight excluding hydrogens is 392 g/mol. The number of hydrogen-bond acceptors (Lipinski definition) is 5. The van der Waals surface area contributed by atoms with Gasteiger partial charge in [0.25, 0.3) is 0 Å². The molecule has 172 valence electrons. The van der Waals surface area contributed by atoms with Crippen LogP contribution in [-0.4, -0.2) is 57.1 Å². The minimum absolute atomic E-state index is 0.0471. The number of guanidine groups is 2. The van der Waals surface area contributed by atoms with Crippen LogP contribution in [0, 0.1) is 10.8 Å². The SMILES string of the molecule is N=C(N)NCCCCCCCCNC(=N)NCCOc1ccc(C2=NCCCN2)cc1. The average Bonchev–Trinajstić information content (AvgIpc) is 2.79. The summed E-state index contributed by atoms with van der Waals surface area (Å²) in [6.07, 6.45) is 7.88. The van der Waals surface area contributed by atoms with Gasteiger partial charge in [0.2, 0.25) is 0 Å². The number of hydrogen-bond donors (Lipinski definition) is 7. The van der Waals surface area contributed by atoms with Crippen LogP contribution in [0.25, 0.3) is 0 Å². The molecule has 0 amide bonds. The number of ether oxygens (including phenoxy) is 1. The predicted octanol–water partition coefficient (Wildman–Crippen LogP) is 1.74. The Morgan fingerprint density at radius 3 is 2.23 bits per heavy atom. The van der Waals surface area contributed by atoms with Crippen molar-refractivity contribution in [2.45, 2.75) is 44.9 Å². The number of rotatable bonds is 14. The van der Waals surface area contributed by atoms with Crippen LogP contribution in [0.2, 0.25) is 0 Å². The molecule has 1 aliphatic rings. The van der Waals surface area contributed by atoms with E-state index in [4.69, 9.17) is 21.3 Å². The maximum Gasteiger partial charge on any atom is 0.188 e. The van der Waals surface area contributed by atoms with Gasteiger partial charge < -0.3 is 31.7 Å². The summed E-state index contributed by atoms with van der Waals surface area (Å²) in [5.74, 6) is 2.17. The van der Waals surface area contributed by atoms with Gasteiger partial charge in [0.15, 0.2) is 11.9 Å². The first kappa shape index (κ1) is 24.3. The number of unbranched alkanes of at least 4 members (excludes halogenated alkanes) is 5. The molecule has 0 radical (unpaired) electrons. The van der Waals surface area contributed by atoms with Gasteiger partial charge in [-0.2, -0.15) is 0 Å². The third kappa shape index (κ3) is 11.1. The lowest BCUT2D eigenvalue weighted by molar-refractivity contribution is 0.322. The van der Waals surface area contributed by atoms with Crippen molar-refractivity contribution in [3.8, 4) is 5.75 Å². The van der Waals surface area contributed by atoms with Gasteiger partial charge in [-0.25, -0.2) is 0 Å². The number of nitrogens with two attached hydrogens (primary N) is 1. The first-order valence-electron chi connectivity index (χ1n) is 11.3. The topological polar surface area (TPSA) is 143 Å². The number of benzene rings is 1. The molecule has 9 nitrogen and oxygen atoms in total. The van der Waals surface area contributed by atoms with Gasteiger partial charge in [0.1, 0.15) is 18.2 Å². The maximum atomic E-state index is 7.91.